The van der Waals surface area contributed by atoms with Crippen molar-refractivity contribution in [2.75, 3.05) is 21.3 Å². The van der Waals surface area contributed by atoms with Gasteiger partial charge in [-0.15, -0.1) is 0 Å². The Morgan fingerprint density at radius 3 is 2.08 bits per heavy atom. The minimum atomic E-state index is -3.17. The topological polar surface area (TPSA) is 57.7 Å². The molecule has 4 rings (SSSR count). The van der Waals surface area contributed by atoms with Gasteiger partial charge >= 0.3 is 6.03 Å². The molecule has 2 aromatic rings. The van der Waals surface area contributed by atoms with Gasteiger partial charge in [-0.2, -0.15) is 0 Å². The van der Waals surface area contributed by atoms with Crippen LogP contribution in [-0.2, 0) is 9.84 Å². The number of carbonyl (C=O) groups is 1. The van der Waals surface area contributed by atoms with Crippen molar-refractivity contribution >= 4 is 43.2 Å². The number of sulfone groups is 1. The van der Waals surface area contributed by atoms with E-state index in [4.69, 9.17) is 0 Å². The molecule has 0 radical (unpaired) electrons. The summed E-state index contributed by atoms with van der Waals surface area (Å²) in [4.78, 5) is 16.3. The van der Waals surface area contributed by atoms with E-state index in [-0.39, 0.29) is 29.6 Å². The molecule has 0 N–H and O–H groups in total. The SMILES string of the molecule is O=C1N(c2ccccc2)C2CS(=O)(=O)CC2N1c1cccc(Br)c1. The second-order valence-electron chi connectivity index (χ2n) is 6.05. The predicted octanol–water partition coefficient (Wildman–Crippen LogP) is 3.06. The molecule has 2 saturated heterocycles. The van der Waals surface area contributed by atoms with Crippen LogP contribution in [-0.4, -0.2) is 38.0 Å². The molecular formula is C17H15BrN2O3S. The molecule has 2 fully saturated rings. The zero-order valence-electron chi connectivity index (χ0n) is 12.7. The number of hydrogen-bond donors (Lipinski definition) is 0. The summed E-state index contributed by atoms with van der Waals surface area (Å²) in [6, 6.07) is 15.7. The lowest BCUT2D eigenvalue weighted by molar-refractivity contribution is 0.255. The van der Waals surface area contributed by atoms with E-state index in [0.29, 0.717) is 5.69 Å². The first-order valence-corrected chi connectivity index (χ1v) is 10.2. The summed E-state index contributed by atoms with van der Waals surface area (Å²) in [6.07, 6.45) is 0. The van der Waals surface area contributed by atoms with Crippen LogP contribution in [0.3, 0.4) is 0 Å². The maximum atomic E-state index is 13.1. The number of rotatable bonds is 2. The van der Waals surface area contributed by atoms with Crippen LogP contribution < -0.4 is 9.80 Å². The summed E-state index contributed by atoms with van der Waals surface area (Å²) >= 11 is 3.41. The van der Waals surface area contributed by atoms with Gasteiger partial charge in [0.2, 0.25) is 0 Å². The highest BCUT2D eigenvalue weighted by molar-refractivity contribution is 9.10. The van der Waals surface area contributed by atoms with Crippen LogP contribution in [0, 0.1) is 0 Å². The van der Waals surface area contributed by atoms with Gasteiger partial charge in [0.25, 0.3) is 0 Å². The number of amides is 2. The third-order valence-corrected chi connectivity index (χ3v) is 6.68. The fourth-order valence-electron chi connectivity index (χ4n) is 3.52. The van der Waals surface area contributed by atoms with Crippen LogP contribution in [0.25, 0.3) is 0 Å². The number of benzene rings is 2. The van der Waals surface area contributed by atoms with Gasteiger partial charge in [0.15, 0.2) is 9.84 Å². The molecule has 0 aliphatic carbocycles. The maximum absolute atomic E-state index is 13.1. The average Bonchev–Trinajstić information content (AvgIpc) is 2.96. The molecule has 2 amide bonds. The van der Waals surface area contributed by atoms with Crippen LogP contribution in [0.4, 0.5) is 16.2 Å². The Morgan fingerprint density at radius 1 is 0.875 bits per heavy atom. The molecule has 2 aliphatic rings. The lowest BCUT2D eigenvalue weighted by Gasteiger charge is -2.22. The minimum absolute atomic E-state index is 0.000741. The third kappa shape index (κ3) is 2.52. The summed E-state index contributed by atoms with van der Waals surface area (Å²) in [5.74, 6) is 0.00204. The summed E-state index contributed by atoms with van der Waals surface area (Å²) in [7, 11) is -3.17. The summed E-state index contributed by atoms with van der Waals surface area (Å²) in [6.45, 7) is 0. The van der Waals surface area contributed by atoms with Crippen molar-refractivity contribution in [3.8, 4) is 0 Å². The number of fused-ring (bicyclic) bond motifs is 1. The Morgan fingerprint density at radius 2 is 1.46 bits per heavy atom. The Labute approximate surface area is 148 Å². The normalized spacial score (nSPS) is 25.1. The molecule has 0 saturated carbocycles. The van der Waals surface area contributed by atoms with Crippen LogP contribution in [0.1, 0.15) is 0 Å². The van der Waals surface area contributed by atoms with Gasteiger partial charge in [-0.25, -0.2) is 13.2 Å². The van der Waals surface area contributed by atoms with Gasteiger partial charge in [0.05, 0.1) is 23.6 Å². The molecule has 0 bridgehead atoms. The standard InChI is InChI=1S/C17H15BrN2O3S/c18-12-5-4-8-14(9-12)20-16-11-24(22,23)10-15(16)19(17(20)21)13-6-2-1-3-7-13/h1-9,15-16H,10-11H2. The van der Waals surface area contributed by atoms with Gasteiger partial charge in [0, 0.05) is 15.8 Å². The van der Waals surface area contributed by atoms with E-state index in [1.165, 1.54) is 0 Å². The van der Waals surface area contributed by atoms with Crippen molar-refractivity contribution in [2.45, 2.75) is 12.1 Å². The molecule has 2 heterocycles. The van der Waals surface area contributed by atoms with E-state index in [1.54, 1.807) is 9.80 Å². The van der Waals surface area contributed by atoms with E-state index in [2.05, 4.69) is 15.9 Å². The first-order chi connectivity index (χ1) is 11.5. The van der Waals surface area contributed by atoms with E-state index < -0.39 is 9.84 Å². The molecule has 2 aromatic carbocycles. The van der Waals surface area contributed by atoms with E-state index in [1.807, 2.05) is 54.6 Å². The van der Waals surface area contributed by atoms with Crippen LogP contribution in [0.2, 0.25) is 0 Å². The van der Waals surface area contributed by atoms with Gasteiger partial charge in [-0.05, 0) is 30.3 Å². The van der Waals surface area contributed by atoms with Crippen LogP contribution in [0.15, 0.2) is 59.1 Å². The minimum Gasteiger partial charge on any atom is -0.288 e. The fourth-order valence-corrected chi connectivity index (χ4v) is 5.83. The summed E-state index contributed by atoms with van der Waals surface area (Å²) in [5, 5.41) is 0. The number of urea groups is 1. The number of hydrogen-bond acceptors (Lipinski definition) is 3. The highest BCUT2D eigenvalue weighted by atomic mass is 79.9. The molecule has 2 aliphatic heterocycles. The molecule has 7 heteroatoms. The highest BCUT2D eigenvalue weighted by Gasteiger charge is 2.54. The largest absolute Gasteiger partial charge is 0.329 e. The molecule has 5 nitrogen and oxygen atoms in total. The molecule has 0 aromatic heterocycles. The quantitative estimate of drug-likeness (QED) is 0.720. The molecule has 24 heavy (non-hydrogen) atoms. The summed E-state index contributed by atoms with van der Waals surface area (Å²) < 4.78 is 25.2. The van der Waals surface area contributed by atoms with E-state index in [0.717, 1.165) is 10.2 Å². The number of carbonyl (C=O) groups excluding carboxylic acids is 1. The third-order valence-electron chi connectivity index (χ3n) is 4.49. The molecular weight excluding hydrogens is 392 g/mol. The van der Waals surface area contributed by atoms with Crippen molar-refractivity contribution in [3.05, 3.63) is 59.1 Å². The van der Waals surface area contributed by atoms with Gasteiger partial charge in [-0.1, -0.05) is 40.2 Å². The second kappa shape index (κ2) is 5.60. The number of anilines is 2. The zero-order valence-corrected chi connectivity index (χ0v) is 15.1. The van der Waals surface area contributed by atoms with Gasteiger partial charge in [0.1, 0.15) is 0 Å². The lowest BCUT2D eigenvalue weighted by Crippen LogP contribution is -2.37. The Balaban J connectivity index is 1.82. The fraction of sp³-hybridized carbons (Fsp3) is 0.235. The highest BCUT2D eigenvalue weighted by Crippen LogP contribution is 2.38. The number of nitrogens with zero attached hydrogens (tertiary/aromatic N) is 2. The predicted molar refractivity (Wildman–Crippen MR) is 97.2 cm³/mol. The summed E-state index contributed by atoms with van der Waals surface area (Å²) in [5.41, 5.74) is 1.44. The number of halogens is 1. The second-order valence-corrected chi connectivity index (χ2v) is 9.12. The lowest BCUT2D eigenvalue weighted by atomic mass is 10.1. The first kappa shape index (κ1) is 15.7. The van der Waals surface area contributed by atoms with Crippen molar-refractivity contribution in [1.29, 1.82) is 0 Å². The van der Waals surface area contributed by atoms with E-state index >= 15 is 0 Å². The maximum Gasteiger partial charge on any atom is 0.329 e. The Hall–Kier alpha value is -1.86. The smallest absolute Gasteiger partial charge is 0.288 e. The van der Waals surface area contributed by atoms with Crippen molar-refractivity contribution in [2.24, 2.45) is 0 Å². The zero-order chi connectivity index (χ0) is 16.9. The van der Waals surface area contributed by atoms with Gasteiger partial charge in [-0.3, -0.25) is 9.80 Å². The molecule has 2 atom stereocenters. The van der Waals surface area contributed by atoms with Crippen molar-refractivity contribution in [1.82, 2.24) is 0 Å². The molecule has 2 unspecified atom stereocenters. The van der Waals surface area contributed by atoms with Crippen molar-refractivity contribution < 1.29 is 13.2 Å². The van der Waals surface area contributed by atoms with Crippen molar-refractivity contribution in [3.63, 3.8) is 0 Å². The van der Waals surface area contributed by atoms with Crippen LogP contribution in [0.5, 0.6) is 0 Å². The van der Waals surface area contributed by atoms with Gasteiger partial charge < -0.3 is 0 Å². The van der Waals surface area contributed by atoms with Crippen LogP contribution >= 0.6 is 15.9 Å². The first-order valence-electron chi connectivity index (χ1n) is 7.60. The Kier molecular flexibility index (Phi) is 3.65. The molecule has 124 valence electrons. The van der Waals surface area contributed by atoms with E-state index in [9.17, 15) is 13.2 Å². The number of para-hydroxylation sites is 1. The monoisotopic (exact) mass is 406 g/mol. The molecule has 0 spiro atoms. The average molecular weight is 407 g/mol. The Bertz CT molecular complexity index is 901.